The second-order valence-corrected chi connectivity index (χ2v) is 5.96. The number of nitrogens with one attached hydrogen (secondary N) is 3. The summed E-state index contributed by atoms with van der Waals surface area (Å²) in [6, 6.07) is -0.806. The van der Waals surface area contributed by atoms with Gasteiger partial charge in [0, 0.05) is 19.5 Å². The predicted octanol–water partition coefficient (Wildman–Crippen LogP) is -0.533. The summed E-state index contributed by atoms with van der Waals surface area (Å²) in [5, 5.41) is 33.6. The van der Waals surface area contributed by atoms with E-state index in [1.165, 1.54) is 0 Å². The minimum Gasteiger partial charge on any atom is -0.480 e. The smallest absolute Gasteiger partial charge is 0.320 e. The van der Waals surface area contributed by atoms with Gasteiger partial charge in [0.25, 0.3) is 0 Å². The first-order chi connectivity index (χ1) is 11.4. The van der Waals surface area contributed by atoms with Crippen molar-refractivity contribution in [3.05, 3.63) is 0 Å². The molecular formula is C15H27N3O6Rh. The molecule has 0 aromatic heterocycles. The van der Waals surface area contributed by atoms with Crippen molar-refractivity contribution in [1.82, 2.24) is 16.0 Å². The molecule has 1 radical (unpaired) electrons. The van der Waals surface area contributed by atoms with Gasteiger partial charge in [0.05, 0.1) is 0 Å². The Bertz CT molecular complexity index is 358. The van der Waals surface area contributed by atoms with E-state index in [2.05, 4.69) is 16.0 Å². The Morgan fingerprint density at radius 1 is 0.600 bits per heavy atom. The standard InChI is InChI=1S/3C5H9NO2.Rh/c3*7-5(8)4-2-1-3-6-4;/h3*4,6H,1-3H2,(H,7,8);/t3*4-;/m000./s1. The quantitative estimate of drug-likeness (QED) is 0.314. The molecule has 6 N–H and O–H groups in total. The minimum absolute atomic E-state index is 0. The molecule has 9 nitrogen and oxygen atoms in total. The molecule has 0 spiro atoms. The fourth-order valence-corrected chi connectivity index (χ4v) is 2.69. The fraction of sp³-hybridized carbons (Fsp3) is 0.800. The topological polar surface area (TPSA) is 148 Å². The minimum atomic E-state index is -0.720. The molecule has 147 valence electrons. The molecule has 3 aliphatic rings. The Kier molecular flexibility index (Phi) is 12.6. The number of hydrogen-bond donors (Lipinski definition) is 6. The Hall–Kier alpha value is -1.09. The van der Waals surface area contributed by atoms with E-state index < -0.39 is 17.9 Å². The van der Waals surface area contributed by atoms with Crippen LogP contribution in [0.15, 0.2) is 0 Å². The molecule has 0 aliphatic carbocycles. The Morgan fingerprint density at radius 2 is 0.840 bits per heavy atom. The van der Waals surface area contributed by atoms with Crippen LogP contribution in [-0.4, -0.2) is 71.0 Å². The zero-order valence-corrected chi connectivity index (χ0v) is 15.6. The van der Waals surface area contributed by atoms with Gasteiger partial charge in [-0.15, -0.1) is 0 Å². The number of rotatable bonds is 3. The molecule has 0 unspecified atom stereocenters. The van der Waals surface area contributed by atoms with Crippen LogP contribution >= 0.6 is 0 Å². The molecule has 3 aliphatic heterocycles. The summed E-state index contributed by atoms with van der Waals surface area (Å²) < 4.78 is 0. The fourth-order valence-electron chi connectivity index (χ4n) is 2.69. The first-order valence-electron chi connectivity index (χ1n) is 8.30. The molecule has 3 rings (SSSR count). The van der Waals surface area contributed by atoms with Crippen molar-refractivity contribution < 1.29 is 49.2 Å². The molecule has 3 fully saturated rings. The first kappa shape index (κ1) is 23.9. The van der Waals surface area contributed by atoms with Crippen LogP contribution in [0.1, 0.15) is 38.5 Å². The van der Waals surface area contributed by atoms with Gasteiger partial charge in [0.1, 0.15) is 18.1 Å². The SMILES string of the molecule is O=C(O)[C@@H]1CCCN1.O=C(O)[C@@H]1CCCN1.O=C(O)[C@@H]1CCCN1.[Rh]. The molecule has 3 saturated heterocycles. The zero-order valence-electron chi connectivity index (χ0n) is 14.0. The molecule has 25 heavy (non-hydrogen) atoms. The van der Waals surface area contributed by atoms with Gasteiger partial charge in [-0.1, -0.05) is 0 Å². The van der Waals surface area contributed by atoms with Crippen molar-refractivity contribution in [2.24, 2.45) is 0 Å². The van der Waals surface area contributed by atoms with E-state index in [1.54, 1.807) is 0 Å². The van der Waals surface area contributed by atoms with Gasteiger partial charge in [-0.2, -0.15) is 0 Å². The van der Waals surface area contributed by atoms with Crippen LogP contribution in [0, 0.1) is 0 Å². The van der Waals surface area contributed by atoms with Gasteiger partial charge in [0.15, 0.2) is 0 Å². The van der Waals surface area contributed by atoms with Gasteiger partial charge in [-0.3, -0.25) is 14.4 Å². The zero-order chi connectivity index (χ0) is 17.9. The van der Waals surface area contributed by atoms with Crippen molar-refractivity contribution in [3.8, 4) is 0 Å². The molecule has 0 bridgehead atoms. The Balaban J connectivity index is 0.000000339. The summed E-state index contributed by atoms with van der Waals surface area (Å²) in [5.41, 5.74) is 0. The molecule has 0 aromatic rings. The van der Waals surface area contributed by atoms with E-state index in [0.717, 1.165) is 58.2 Å². The van der Waals surface area contributed by atoms with E-state index in [-0.39, 0.29) is 37.6 Å². The molecule has 3 heterocycles. The van der Waals surface area contributed by atoms with Crippen molar-refractivity contribution in [1.29, 1.82) is 0 Å². The third-order valence-electron chi connectivity index (χ3n) is 4.08. The molecule has 3 atom stereocenters. The first-order valence-corrected chi connectivity index (χ1v) is 8.30. The van der Waals surface area contributed by atoms with E-state index in [4.69, 9.17) is 15.3 Å². The monoisotopic (exact) mass is 448 g/mol. The maximum absolute atomic E-state index is 10.1. The number of carbonyl (C=O) groups is 3. The normalized spacial score (nSPS) is 27.1. The third kappa shape index (κ3) is 9.84. The van der Waals surface area contributed by atoms with Crippen molar-refractivity contribution in [3.63, 3.8) is 0 Å². The van der Waals surface area contributed by atoms with Crippen LogP contribution < -0.4 is 16.0 Å². The summed E-state index contributed by atoms with van der Waals surface area (Å²) in [5.74, 6) is -2.16. The third-order valence-corrected chi connectivity index (χ3v) is 4.08. The second kappa shape index (κ2) is 13.2. The Labute approximate surface area is 159 Å². The van der Waals surface area contributed by atoms with Gasteiger partial charge in [-0.25, -0.2) is 0 Å². The van der Waals surface area contributed by atoms with Crippen molar-refractivity contribution in [2.45, 2.75) is 56.7 Å². The van der Waals surface area contributed by atoms with Gasteiger partial charge < -0.3 is 31.3 Å². The van der Waals surface area contributed by atoms with Crippen LogP contribution in [0.2, 0.25) is 0 Å². The van der Waals surface area contributed by atoms with E-state index in [9.17, 15) is 14.4 Å². The number of aliphatic carboxylic acids is 3. The summed E-state index contributed by atoms with van der Waals surface area (Å²) in [4.78, 5) is 30.4. The van der Waals surface area contributed by atoms with E-state index in [1.807, 2.05) is 0 Å². The molecule has 0 amide bonds. The van der Waals surface area contributed by atoms with Gasteiger partial charge in [0.2, 0.25) is 0 Å². The number of carboxylic acid groups (broad SMARTS) is 3. The van der Waals surface area contributed by atoms with Crippen LogP contribution in [0.4, 0.5) is 0 Å². The summed E-state index contributed by atoms with van der Waals surface area (Å²) in [6.45, 7) is 2.57. The largest absolute Gasteiger partial charge is 0.480 e. The van der Waals surface area contributed by atoms with Gasteiger partial charge >= 0.3 is 17.9 Å². The average molecular weight is 448 g/mol. The number of carboxylic acids is 3. The number of hydrogen-bond acceptors (Lipinski definition) is 6. The average Bonchev–Trinajstić information content (AvgIpc) is 3.29. The van der Waals surface area contributed by atoms with Crippen LogP contribution in [0.5, 0.6) is 0 Å². The summed E-state index contributed by atoms with van der Waals surface area (Å²) in [6.07, 6.45) is 5.35. The Morgan fingerprint density at radius 3 is 0.920 bits per heavy atom. The van der Waals surface area contributed by atoms with Gasteiger partial charge in [-0.05, 0) is 58.2 Å². The predicted molar refractivity (Wildman–Crippen MR) is 86.0 cm³/mol. The van der Waals surface area contributed by atoms with Crippen molar-refractivity contribution in [2.75, 3.05) is 19.6 Å². The maximum atomic E-state index is 10.1. The molecule has 0 aromatic carbocycles. The molecule has 0 saturated carbocycles. The second-order valence-electron chi connectivity index (χ2n) is 5.96. The molecular weight excluding hydrogens is 421 g/mol. The van der Waals surface area contributed by atoms with Crippen LogP contribution in [0.3, 0.4) is 0 Å². The van der Waals surface area contributed by atoms with Crippen molar-refractivity contribution >= 4 is 17.9 Å². The van der Waals surface area contributed by atoms with Crippen LogP contribution in [0.25, 0.3) is 0 Å². The molecule has 10 heteroatoms. The summed E-state index contributed by atoms with van der Waals surface area (Å²) >= 11 is 0. The van der Waals surface area contributed by atoms with E-state index in [0.29, 0.717) is 0 Å². The van der Waals surface area contributed by atoms with E-state index >= 15 is 0 Å². The summed E-state index contributed by atoms with van der Waals surface area (Å²) in [7, 11) is 0. The maximum Gasteiger partial charge on any atom is 0.320 e. The van der Waals surface area contributed by atoms with Crippen LogP contribution in [-0.2, 0) is 33.9 Å².